The minimum absolute atomic E-state index is 0.00824. The van der Waals surface area contributed by atoms with Gasteiger partial charge in [-0.2, -0.15) is 0 Å². The van der Waals surface area contributed by atoms with Gasteiger partial charge in [0.15, 0.2) is 0 Å². The summed E-state index contributed by atoms with van der Waals surface area (Å²) in [4.78, 5) is 11.3. The second kappa shape index (κ2) is 3.83. The van der Waals surface area contributed by atoms with Crippen molar-refractivity contribution in [2.24, 2.45) is 0 Å². The molecule has 3 rings (SSSR count). The quantitative estimate of drug-likeness (QED) is 0.711. The van der Waals surface area contributed by atoms with Gasteiger partial charge in [0.25, 0.3) is 0 Å². The van der Waals surface area contributed by atoms with Gasteiger partial charge < -0.3 is 10.4 Å². The van der Waals surface area contributed by atoms with E-state index in [4.69, 9.17) is 5.11 Å². The number of aromatic carboxylic acids is 1. The largest absolute Gasteiger partial charge is 0.478 e. The predicted octanol–water partition coefficient (Wildman–Crippen LogP) is 2.27. The SMILES string of the molecule is O=C(O)c1cccc2c1Nc1ccccc1S2(=O)=O. The van der Waals surface area contributed by atoms with Crippen LogP contribution in [0.2, 0.25) is 0 Å². The molecule has 0 amide bonds. The van der Waals surface area contributed by atoms with Crippen LogP contribution in [0.1, 0.15) is 10.4 Å². The van der Waals surface area contributed by atoms with Crippen LogP contribution in [-0.4, -0.2) is 19.5 Å². The van der Waals surface area contributed by atoms with Gasteiger partial charge in [-0.15, -0.1) is 0 Å². The Balaban J connectivity index is 2.37. The Labute approximate surface area is 109 Å². The fourth-order valence-corrected chi connectivity index (χ4v) is 3.71. The minimum atomic E-state index is -3.68. The number of nitrogens with one attached hydrogen (secondary N) is 1. The van der Waals surface area contributed by atoms with E-state index < -0.39 is 15.8 Å². The van der Waals surface area contributed by atoms with Gasteiger partial charge in [-0.1, -0.05) is 18.2 Å². The van der Waals surface area contributed by atoms with Crippen LogP contribution in [0.15, 0.2) is 52.3 Å². The zero-order valence-corrected chi connectivity index (χ0v) is 10.4. The summed E-state index contributed by atoms with van der Waals surface area (Å²) in [6.45, 7) is 0. The topological polar surface area (TPSA) is 83.5 Å². The maximum absolute atomic E-state index is 12.4. The van der Waals surface area contributed by atoms with Crippen LogP contribution in [0, 0.1) is 0 Å². The summed E-state index contributed by atoms with van der Waals surface area (Å²) in [5.41, 5.74) is 0.452. The van der Waals surface area contributed by atoms with E-state index in [2.05, 4.69) is 5.32 Å². The number of sulfone groups is 1. The second-order valence-corrected chi connectivity index (χ2v) is 5.99. The highest BCUT2D eigenvalue weighted by Gasteiger charge is 2.31. The summed E-state index contributed by atoms with van der Waals surface area (Å²) >= 11 is 0. The summed E-state index contributed by atoms with van der Waals surface area (Å²) in [6.07, 6.45) is 0. The smallest absolute Gasteiger partial charge is 0.337 e. The summed E-state index contributed by atoms with van der Waals surface area (Å²) in [6, 6.07) is 10.6. The van der Waals surface area contributed by atoms with Crippen LogP contribution >= 0.6 is 0 Å². The first-order valence-corrected chi connectivity index (χ1v) is 6.97. The van der Waals surface area contributed by atoms with Crippen molar-refractivity contribution < 1.29 is 18.3 Å². The number of benzene rings is 2. The van der Waals surface area contributed by atoms with Crippen molar-refractivity contribution in [2.45, 2.75) is 9.79 Å². The summed E-state index contributed by atoms with van der Waals surface area (Å²) in [5, 5.41) is 12.0. The normalized spacial score (nSPS) is 14.9. The van der Waals surface area contributed by atoms with Gasteiger partial charge in [0.2, 0.25) is 9.84 Å². The van der Waals surface area contributed by atoms with Crippen molar-refractivity contribution in [2.75, 3.05) is 5.32 Å². The number of anilines is 2. The highest BCUT2D eigenvalue weighted by Crippen LogP contribution is 2.40. The molecule has 1 heterocycles. The van der Waals surface area contributed by atoms with Gasteiger partial charge in [0, 0.05) is 0 Å². The third-order valence-corrected chi connectivity index (χ3v) is 4.84. The van der Waals surface area contributed by atoms with Gasteiger partial charge in [-0.05, 0) is 24.3 Å². The monoisotopic (exact) mass is 275 g/mol. The maximum Gasteiger partial charge on any atom is 0.337 e. The zero-order valence-electron chi connectivity index (χ0n) is 9.62. The average Bonchev–Trinajstić information content (AvgIpc) is 2.38. The average molecular weight is 275 g/mol. The lowest BCUT2D eigenvalue weighted by Gasteiger charge is -2.22. The molecular weight excluding hydrogens is 266 g/mol. The van der Waals surface area contributed by atoms with E-state index >= 15 is 0 Å². The minimum Gasteiger partial charge on any atom is -0.478 e. The van der Waals surface area contributed by atoms with Gasteiger partial charge in [0.05, 0.1) is 26.7 Å². The molecule has 0 atom stereocenters. The van der Waals surface area contributed by atoms with E-state index in [0.29, 0.717) is 5.69 Å². The van der Waals surface area contributed by atoms with Crippen molar-refractivity contribution in [3.05, 3.63) is 48.0 Å². The van der Waals surface area contributed by atoms with Crippen LogP contribution in [0.4, 0.5) is 11.4 Å². The fourth-order valence-electron chi connectivity index (χ4n) is 2.12. The molecule has 1 aliphatic rings. The molecule has 0 spiro atoms. The molecule has 0 fully saturated rings. The van der Waals surface area contributed by atoms with Crippen LogP contribution in [0.3, 0.4) is 0 Å². The molecule has 0 bridgehead atoms. The molecule has 1 aliphatic heterocycles. The van der Waals surface area contributed by atoms with Crippen LogP contribution in [-0.2, 0) is 9.84 Å². The molecule has 2 N–H and O–H groups in total. The number of carboxylic acids is 1. The first kappa shape index (κ1) is 11.7. The molecule has 0 radical (unpaired) electrons. The van der Waals surface area contributed by atoms with Gasteiger partial charge in [-0.25, -0.2) is 13.2 Å². The van der Waals surface area contributed by atoms with E-state index in [1.807, 2.05) is 0 Å². The van der Waals surface area contributed by atoms with Gasteiger partial charge in [-0.3, -0.25) is 0 Å². The number of rotatable bonds is 1. The Morgan fingerprint density at radius 3 is 2.42 bits per heavy atom. The van der Waals surface area contributed by atoms with E-state index in [9.17, 15) is 13.2 Å². The molecule has 19 heavy (non-hydrogen) atoms. The van der Waals surface area contributed by atoms with Gasteiger partial charge >= 0.3 is 5.97 Å². The van der Waals surface area contributed by atoms with Crippen molar-refractivity contribution in [1.82, 2.24) is 0 Å². The Morgan fingerprint density at radius 2 is 1.68 bits per heavy atom. The summed E-state index contributed by atoms with van der Waals surface area (Å²) in [7, 11) is -3.68. The molecule has 0 saturated carbocycles. The first-order chi connectivity index (χ1) is 9.01. The Morgan fingerprint density at radius 1 is 1.00 bits per heavy atom. The lowest BCUT2D eigenvalue weighted by Crippen LogP contribution is -2.16. The number of carbonyl (C=O) groups is 1. The number of para-hydroxylation sites is 2. The molecule has 2 aromatic carbocycles. The maximum atomic E-state index is 12.4. The molecule has 0 aliphatic carbocycles. The Bertz CT molecular complexity index is 796. The third kappa shape index (κ3) is 1.61. The van der Waals surface area contributed by atoms with Gasteiger partial charge in [0.1, 0.15) is 0 Å². The van der Waals surface area contributed by atoms with E-state index in [0.717, 1.165) is 0 Å². The number of fused-ring (bicyclic) bond motifs is 2. The van der Waals surface area contributed by atoms with Crippen molar-refractivity contribution in [3.63, 3.8) is 0 Å². The van der Waals surface area contributed by atoms with E-state index in [1.165, 1.54) is 24.3 Å². The highest BCUT2D eigenvalue weighted by molar-refractivity contribution is 7.92. The molecule has 0 unspecified atom stereocenters. The lowest BCUT2D eigenvalue weighted by molar-refractivity contribution is 0.0698. The van der Waals surface area contributed by atoms with Crippen LogP contribution in [0.25, 0.3) is 0 Å². The molecule has 2 aromatic rings. The number of carboxylic acid groups (broad SMARTS) is 1. The molecule has 5 nitrogen and oxygen atoms in total. The zero-order chi connectivity index (χ0) is 13.6. The predicted molar refractivity (Wildman–Crippen MR) is 68.6 cm³/mol. The highest BCUT2D eigenvalue weighted by atomic mass is 32.2. The van der Waals surface area contributed by atoms with Crippen molar-refractivity contribution >= 4 is 27.2 Å². The van der Waals surface area contributed by atoms with E-state index in [-0.39, 0.29) is 21.0 Å². The molecule has 6 heteroatoms. The molecule has 96 valence electrons. The Hall–Kier alpha value is -2.34. The fraction of sp³-hybridized carbons (Fsp3) is 0. The third-order valence-electron chi connectivity index (χ3n) is 2.98. The van der Waals surface area contributed by atoms with Crippen LogP contribution < -0.4 is 5.32 Å². The summed E-state index contributed by atoms with van der Waals surface area (Å²) < 4.78 is 24.9. The first-order valence-electron chi connectivity index (χ1n) is 5.49. The second-order valence-electron chi connectivity index (χ2n) is 4.11. The molecular formula is C13H9NO4S. The number of hydrogen-bond donors (Lipinski definition) is 2. The summed E-state index contributed by atoms with van der Waals surface area (Å²) in [5.74, 6) is -1.17. The standard InChI is InChI=1S/C13H9NO4S/c15-13(16)8-4-3-7-11-12(8)14-9-5-1-2-6-10(9)19(11,17)18/h1-7,14H,(H,15,16). The van der Waals surface area contributed by atoms with Crippen molar-refractivity contribution in [3.8, 4) is 0 Å². The molecule has 0 aromatic heterocycles. The lowest BCUT2D eigenvalue weighted by atomic mass is 10.1. The van der Waals surface area contributed by atoms with E-state index in [1.54, 1.807) is 18.2 Å². The van der Waals surface area contributed by atoms with Crippen molar-refractivity contribution in [1.29, 1.82) is 0 Å². The number of hydrogen-bond acceptors (Lipinski definition) is 4. The van der Waals surface area contributed by atoms with Crippen LogP contribution in [0.5, 0.6) is 0 Å². The molecule has 0 saturated heterocycles. The Kier molecular flexibility index (Phi) is 2.36.